The van der Waals surface area contributed by atoms with Crippen LogP contribution in [0.5, 0.6) is 0 Å². The molecular weight excluding hydrogens is 230 g/mol. The summed E-state index contributed by atoms with van der Waals surface area (Å²) in [4.78, 5) is 2.17. The maximum Gasteiger partial charge on any atom is 0.153 e. The van der Waals surface area contributed by atoms with Crippen LogP contribution in [0.25, 0.3) is 0 Å². The number of rotatable bonds is 5. The van der Waals surface area contributed by atoms with Crippen LogP contribution in [0.4, 0.5) is 0 Å². The van der Waals surface area contributed by atoms with Crippen LogP contribution in [0.15, 0.2) is 5.16 Å². The molecule has 2 aliphatic rings. The second-order valence-electron chi connectivity index (χ2n) is 5.59. The maximum atomic E-state index is 8.61. The standard InChI is InChI=1S/C13H25N3O2/c1-2-16(10-12(14)15-17)9-11-5-8-13(18-11)6-3-4-7-13/h11,17H,2-10H2,1H3,(H2,14,15). The second kappa shape index (κ2) is 5.89. The van der Waals surface area contributed by atoms with Crippen molar-refractivity contribution in [2.45, 2.75) is 57.2 Å². The van der Waals surface area contributed by atoms with Gasteiger partial charge in [0, 0.05) is 6.54 Å². The number of hydrogen-bond donors (Lipinski definition) is 2. The van der Waals surface area contributed by atoms with Gasteiger partial charge in [0.25, 0.3) is 0 Å². The van der Waals surface area contributed by atoms with Gasteiger partial charge in [0.15, 0.2) is 5.84 Å². The Morgan fingerprint density at radius 3 is 2.78 bits per heavy atom. The van der Waals surface area contributed by atoms with Gasteiger partial charge in [0.05, 0.1) is 18.2 Å². The summed E-state index contributed by atoms with van der Waals surface area (Å²) in [6.07, 6.45) is 7.76. The van der Waals surface area contributed by atoms with Crippen LogP contribution >= 0.6 is 0 Å². The molecule has 1 aliphatic heterocycles. The van der Waals surface area contributed by atoms with E-state index in [9.17, 15) is 0 Å². The van der Waals surface area contributed by atoms with E-state index >= 15 is 0 Å². The van der Waals surface area contributed by atoms with E-state index in [1.165, 1.54) is 32.1 Å². The zero-order chi connectivity index (χ0) is 13.0. The Bertz CT molecular complexity index is 301. The molecule has 18 heavy (non-hydrogen) atoms. The normalized spacial score (nSPS) is 27.4. The molecule has 1 saturated carbocycles. The van der Waals surface area contributed by atoms with Gasteiger partial charge in [0.2, 0.25) is 0 Å². The Balaban J connectivity index is 1.82. The highest BCUT2D eigenvalue weighted by Gasteiger charge is 2.42. The molecule has 0 aromatic carbocycles. The molecule has 1 spiro atoms. The van der Waals surface area contributed by atoms with E-state index in [1.54, 1.807) is 0 Å². The van der Waals surface area contributed by atoms with E-state index < -0.39 is 0 Å². The van der Waals surface area contributed by atoms with Gasteiger partial charge < -0.3 is 15.7 Å². The van der Waals surface area contributed by atoms with E-state index in [2.05, 4.69) is 17.0 Å². The smallest absolute Gasteiger partial charge is 0.153 e. The molecule has 2 rings (SSSR count). The van der Waals surface area contributed by atoms with Gasteiger partial charge in [0.1, 0.15) is 0 Å². The molecule has 2 fully saturated rings. The number of nitrogens with two attached hydrogens (primary N) is 1. The molecule has 1 atom stereocenters. The topological polar surface area (TPSA) is 71.1 Å². The molecule has 104 valence electrons. The minimum Gasteiger partial charge on any atom is -0.409 e. The predicted molar refractivity (Wildman–Crippen MR) is 70.8 cm³/mol. The number of oxime groups is 1. The highest BCUT2D eigenvalue weighted by molar-refractivity contribution is 5.81. The summed E-state index contributed by atoms with van der Waals surface area (Å²) in [7, 11) is 0. The molecule has 0 bridgehead atoms. The van der Waals surface area contributed by atoms with Crippen molar-refractivity contribution < 1.29 is 9.94 Å². The van der Waals surface area contributed by atoms with E-state index in [-0.39, 0.29) is 11.4 Å². The summed E-state index contributed by atoms with van der Waals surface area (Å²) in [5, 5.41) is 11.6. The first-order valence-corrected chi connectivity index (χ1v) is 7.04. The van der Waals surface area contributed by atoms with Gasteiger partial charge in [-0.15, -0.1) is 0 Å². The summed E-state index contributed by atoms with van der Waals surface area (Å²) >= 11 is 0. The fraction of sp³-hybridized carbons (Fsp3) is 0.923. The quantitative estimate of drug-likeness (QED) is 0.338. The summed E-state index contributed by atoms with van der Waals surface area (Å²) in [6.45, 7) is 4.38. The highest BCUT2D eigenvalue weighted by Crippen LogP contribution is 2.43. The van der Waals surface area contributed by atoms with Crippen molar-refractivity contribution in [3.05, 3.63) is 0 Å². The Morgan fingerprint density at radius 1 is 1.44 bits per heavy atom. The van der Waals surface area contributed by atoms with Gasteiger partial charge in [-0.25, -0.2) is 0 Å². The third kappa shape index (κ3) is 3.14. The van der Waals surface area contributed by atoms with Gasteiger partial charge in [-0.05, 0) is 32.2 Å². The van der Waals surface area contributed by atoms with Crippen LogP contribution in [-0.2, 0) is 4.74 Å². The molecular formula is C13H25N3O2. The van der Waals surface area contributed by atoms with Crippen LogP contribution in [0.3, 0.4) is 0 Å². The lowest BCUT2D eigenvalue weighted by Gasteiger charge is -2.27. The molecule has 0 radical (unpaired) electrons. The van der Waals surface area contributed by atoms with E-state index in [4.69, 9.17) is 15.7 Å². The average Bonchev–Trinajstić information content (AvgIpc) is 2.99. The summed E-state index contributed by atoms with van der Waals surface area (Å²) in [6, 6.07) is 0. The third-order valence-corrected chi connectivity index (χ3v) is 4.28. The number of likely N-dealkylation sites (N-methyl/N-ethyl adjacent to an activating group) is 1. The van der Waals surface area contributed by atoms with E-state index in [1.807, 2.05) is 0 Å². The first-order valence-electron chi connectivity index (χ1n) is 7.04. The van der Waals surface area contributed by atoms with Gasteiger partial charge in [-0.3, -0.25) is 4.90 Å². The van der Waals surface area contributed by atoms with Crippen molar-refractivity contribution in [2.24, 2.45) is 10.9 Å². The van der Waals surface area contributed by atoms with Crippen LogP contribution in [0.2, 0.25) is 0 Å². The zero-order valence-electron chi connectivity index (χ0n) is 11.3. The highest BCUT2D eigenvalue weighted by atomic mass is 16.5. The Morgan fingerprint density at radius 2 is 2.17 bits per heavy atom. The predicted octanol–water partition coefficient (Wildman–Crippen LogP) is 1.55. The molecule has 0 aromatic heterocycles. The number of ether oxygens (including phenoxy) is 1. The lowest BCUT2D eigenvalue weighted by Crippen LogP contribution is -2.39. The summed E-state index contributed by atoms with van der Waals surface area (Å²) < 4.78 is 6.27. The Kier molecular flexibility index (Phi) is 4.45. The fourth-order valence-electron chi connectivity index (χ4n) is 3.27. The first kappa shape index (κ1) is 13.6. The molecule has 1 unspecified atom stereocenters. The number of nitrogens with zero attached hydrogens (tertiary/aromatic N) is 2. The van der Waals surface area contributed by atoms with Crippen LogP contribution in [-0.4, -0.2) is 47.3 Å². The monoisotopic (exact) mass is 255 g/mol. The molecule has 0 amide bonds. The van der Waals surface area contributed by atoms with Gasteiger partial charge in [-0.2, -0.15) is 0 Å². The molecule has 0 aromatic rings. The van der Waals surface area contributed by atoms with Crippen LogP contribution in [0.1, 0.15) is 45.4 Å². The first-order chi connectivity index (χ1) is 8.67. The average molecular weight is 255 g/mol. The van der Waals surface area contributed by atoms with Crippen molar-refractivity contribution in [1.82, 2.24) is 4.90 Å². The molecule has 5 heteroatoms. The Labute approximate surface area is 109 Å². The largest absolute Gasteiger partial charge is 0.409 e. The van der Waals surface area contributed by atoms with Crippen molar-refractivity contribution >= 4 is 5.84 Å². The lowest BCUT2D eigenvalue weighted by atomic mass is 9.98. The molecule has 1 aliphatic carbocycles. The van der Waals surface area contributed by atoms with E-state index in [0.29, 0.717) is 12.6 Å². The van der Waals surface area contributed by atoms with Crippen LogP contribution < -0.4 is 5.73 Å². The Hall–Kier alpha value is -0.810. The van der Waals surface area contributed by atoms with E-state index in [0.717, 1.165) is 19.5 Å². The number of amidine groups is 1. The molecule has 1 heterocycles. The van der Waals surface area contributed by atoms with Gasteiger partial charge >= 0.3 is 0 Å². The third-order valence-electron chi connectivity index (χ3n) is 4.28. The molecule has 1 saturated heterocycles. The summed E-state index contributed by atoms with van der Waals surface area (Å²) in [5.74, 6) is 0.269. The van der Waals surface area contributed by atoms with Crippen molar-refractivity contribution in [1.29, 1.82) is 0 Å². The minimum absolute atomic E-state index is 0.195. The summed E-state index contributed by atoms with van der Waals surface area (Å²) in [5.41, 5.74) is 5.75. The zero-order valence-corrected chi connectivity index (χ0v) is 11.3. The second-order valence-corrected chi connectivity index (χ2v) is 5.59. The van der Waals surface area contributed by atoms with Crippen molar-refractivity contribution in [2.75, 3.05) is 19.6 Å². The minimum atomic E-state index is 0.195. The lowest BCUT2D eigenvalue weighted by molar-refractivity contribution is -0.0456. The van der Waals surface area contributed by atoms with Crippen molar-refractivity contribution in [3.8, 4) is 0 Å². The SMILES string of the molecule is CCN(CC(N)=NO)CC1CCC2(CCCC2)O1. The maximum absolute atomic E-state index is 8.61. The number of hydrogen-bond acceptors (Lipinski definition) is 4. The molecule has 3 N–H and O–H groups in total. The fourth-order valence-corrected chi connectivity index (χ4v) is 3.27. The van der Waals surface area contributed by atoms with Crippen molar-refractivity contribution in [3.63, 3.8) is 0 Å². The van der Waals surface area contributed by atoms with Gasteiger partial charge in [-0.1, -0.05) is 24.9 Å². The molecule has 5 nitrogen and oxygen atoms in total. The van der Waals surface area contributed by atoms with Crippen LogP contribution in [0, 0.1) is 0 Å².